The lowest BCUT2D eigenvalue weighted by molar-refractivity contribution is -0.127. The summed E-state index contributed by atoms with van der Waals surface area (Å²) in [5.41, 5.74) is 0. The van der Waals surface area contributed by atoms with E-state index in [1.54, 1.807) is 24.0 Å². The van der Waals surface area contributed by atoms with Crippen LogP contribution in [-0.4, -0.2) is 54.2 Å². The van der Waals surface area contributed by atoms with E-state index in [1.165, 1.54) is 12.1 Å². The normalized spacial score (nSPS) is 11.4. The summed E-state index contributed by atoms with van der Waals surface area (Å²) in [5, 5.41) is 14.6. The highest BCUT2D eigenvalue weighted by Gasteiger charge is 2.14. The molecule has 0 radical (unpaired) electrons. The number of carbonyl (C=O) groups excluding carboxylic acids is 2. The van der Waals surface area contributed by atoms with E-state index in [9.17, 15) is 14.7 Å². The Hall–Kier alpha value is -2.44. The van der Waals surface area contributed by atoms with Gasteiger partial charge in [0.05, 0.1) is 0 Å². The number of hydrogen-bond acceptors (Lipinski definition) is 4. The van der Waals surface area contributed by atoms with Gasteiger partial charge < -0.3 is 25.4 Å². The van der Waals surface area contributed by atoms with Crippen molar-refractivity contribution in [2.75, 3.05) is 26.2 Å². The highest BCUT2D eigenvalue weighted by atomic mass is 16.5. The molecule has 0 spiro atoms. The lowest BCUT2D eigenvalue weighted by Gasteiger charge is -2.19. The van der Waals surface area contributed by atoms with Crippen LogP contribution in [0.5, 0.6) is 11.5 Å². The van der Waals surface area contributed by atoms with Crippen molar-refractivity contribution in [3.8, 4) is 11.5 Å². The molecule has 0 bridgehead atoms. The molecule has 0 aliphatic rings. The molecular formula is C16H25N3O4. The Morgan fingerprint density at radius 1 is 1.13 bits per heavy atom. The van der Waals surface area contributed by atoms with Crippen LogP contribution in [0.2, 0.25) is 0 Å². The first-order valence-electron chi connectivity index (χ1n) is 7.74. The van der Waals surface area contributed by atoms with E-state index in [2.05, 4.69) is 10.6 Å². The lowest BCUT2D eigenvalue weighted by Crippen LogP contribution is -2.44. The van der Waals surface area contributed by atoms with Crippen LogP contribution in [0.1, 0.15) is 20.8 Å². The smallest absolute Gasteiger partial charge is 0.317 e. The fourth-order valence-corrected chi connectivity index (χ4v) is 1.90. The quantitative estimate of drug-likeness (QED) is 0.629. The molecule has 0 fully saturated rings. The molecular weight excluding hydrogens is 298 g/mol. The maximum Gasteiger partial charge on any atom is 0.317 e. The second-order valence-corrected chi connectivity index (χ2v) is 4.95. The summed E-state index contributed by atoms with van der Waals surface area (Å²) in [5.74, 6) is 0.369. The third kappa shape index (κ3) is 6.46. The lowest BCUT2D eigenvalue weighted by atomic mass is 10.3. The van der Waals surface area contributed by atoms with Gasteiger partial charge in [0, 0.05) is 26.2 Å². The first kappa shape index (κ1) is 18.6. The van der Waals surface area contributed by atoms with Crippen LogP contribution >= 0.6 is 0 Å². The SMILES string of the molecule is CCN(CC)C(=O)NCCNC(=O)C(C)Oc1ccc(O)cc1. The van der Waals surface area contributed by atoms with Gasteiger partial charge >= 0.3 is 6.03 Å². The Balaban J connectivity index is 2.27. The Kier molecular flexibility index (Phi) is 7.73. The van der Waals surface area contributed by atoms with Crippen molar-refractivity contribution in [2.24, 2.45) is 0 Å². The summed E-state index contributed by atoms with van der Waals surface area (Å²) >= 11 is 0. The zero-order valence-corrected chi connectivity index (χ0v) is 13.8. The number of nitrogens with one attached hydrogen (secondary N) is 2. The average Bonchev–Trinajstić information content (AvgIpc) is 2.54. The minimum atomic E-state index is -0.668. The van der Waals surface area contributed by atoms with Gasteiger partial charge in [0.1, 0.15) is 11.5 Å². The Labute approximate surface area is 136 Å². The topological polar surface area (TPSA) is 90.9 Å². The Morgan fingerprint density at radius 3 is 2.26 bits per heavy atom. The first-order valence-corrected chi connectivity index (χ1v) is 7.74. The molecule has 0 aromatic heterocycles. The number of carbonyl (C=O) groups is 2. The maximum atomic E-state index is 11.9. The molecule has 0 saturated carbocycles. The number of amides is 3. The largest absolute Gasteiger partial charge is 0.508 e. The van der Waals surface area contributed by atoms with Crippen molar-refractivity contribution in [3.05, 3.63) is 24.3 Å². The highest BCUT2D eigenvalue weighted by Crippen LogP contribution is 2.17. The Bertz CT molecular complexity index is 501. The molecule has 3 amide bonds. The van der Waals surface area contributed by atoms with Crippen LogP contribution in [-0.2, 0) is 4.79 Å². The van der Waals surface area contributed by atoms with Crippen molar-refractivity contribution >= 4 is 11.9 Å². The standard InChI is InChI=1S/C16H25N3O4/c1-4-19(5-2)16(22)18-11-10-17-15(21)12(3)23-14-8-6-13(20)7-9-14/h6-9,12,20H,4-5,10-11H2,1-3H3,(H,17,21)(H,18,22). The van der Waals surface area contributed by atoms with Crippen LogP contribution in [0.3, 0.4) is 0 Å². The minimum absolute atomic E-state index is 0.137. The summed E-state index contributed by atoms with van der Waals surface area (Å²) in [6, 6.07) is 6.01. The van der Waals surface area contributed by atoms with Crippen molar-refractivity contribution in [2.45, 2.75) is 26.9 Å². The van der Waals surface area contributed by atoms with Gasteiger partial charge in [-0.2, -0.15) is 0 Å². The number of ether oxygens (including phenoxy) is 1. The van der Waals surface area contributed by atoms with Gasteiger partial charge in [-0.3, -0.25) is 4.79 Å². The molecule has 1 rings (SSSR count). The number of aromatic hydroxyl groups is 1. The van der Waals surface area contributed by atoms with E-state index in [4.69, 9.17) is 4.74 Å². The first-order chi connectivity index (χ1) is 11.0. The fraction of sp³-hybridized carbons (Fsp3) is 0.500. The van der Waals surface area contributed by atoms with Gasteiger partial charge in [-0.25, -0.2) is 4.79 Å². The minimum Gasteiger partial charge on any atom is -0.508 e. The molecule has 1 unspecified atom stereocenters. The third-order valence-corrected chi connectivity index (χ3v) is 3.27. The molecule has 7 heteroatoms. The number of nitrogens with zero attached hydrogens (tertiary/aromatic N) is 1. The van der Waals surface area contributed by atoms with E-state index in [0.717, 1.165) is 0 Å². The molecule has 1 aromatic carbocycles. The predicted molar refractivity (Wildman–Crippen MR) is 87.5 cm³/mol. The molecule has 0 aliphatic heterocycles. The zero-order chi connectivity index (χ0) is 17.2. The number of urea groups is 1. The van der Waals surface area contributed by atoms with E-state index in [-0.39, 0.29) is 17.7 Å². The number of rotatable bonds is 8. The van der Waals surface area contributed by atoms with Gasteiger partial charge in [-0.15, -0.1) is 0 Å². The molecule has 1 atom stereocenters. The summed E-state index contributed by atoms with van der Waals surface area (Å²) in [7, 11) is 0. The monoisotopic (exact) mass is 323 g/mol. The molecule has 1 aromatic rings. The fourth-order valence-electron chi connectivity index (χ4n) is 1.90. The van der Waals surface area contributed by atoms with Crippen molar-refractivity contribution in [1.29, 1.82) is 0 Å². The van der Waals surface area contributed by atoms with Crippen molar-refractivity contribution in [3.63, 3.8) is 0 Å². The molecule has 0 aliphatic carbocycles. The number of phenolic OH excluding ortho intramolecular Hbond substituents is 1. The average molecular weight is 323 g/mol. The summed E-state index contributed by atoms with van der Waals surface area (Å²) < 4.78 is 5.46. The maximum absolute atomic E-state index is 11.9. The molecule has 3 N–H and O–H groups in total. The van der Waals surface area contributed by atoms with Gasteiger partial charge in [0.2, 0.25) is 0 Å². The van der Waals surface area contributed by atoms with Crippen LogP contribution in [0.4, 0.5) is 4.79 Å². The molecule has 23 heavy (non-hydrogen) atoms. The van der Waals surface area contributed by atoms with E-state index in [1.807, 2.05) is 13.8 Å². The van der Waals surface area contributed by atoms with Gasteiger partial charge in [0.15, 0.2) is 6.10 Å². The summed E-state index contributed by atoms with van der Waals surface area (Å²) in [6.45, 7) is 7.43. The van der Waals surface area contributed by atoms with Crippen molar-refractivity contribution < 1.29 is 19.4 Å². The molecule has 0 saturated heterocycles. The third-order valence-electron chi connectivity index (χ3n) is 3.27. The predicted octanol–water partition coefficient (Wildman–Crippen LogP) is 1.33. The van der Waals surface area contributed by atoms with Crippen LogP contribution in [0.15, 0.2) is 24.3 Å². The summed E-state index contributed by atoms with van der Waals surface area (Å²) in [4.78, 5) is 25.3. The Morgan fingerprint density at radius 2 is 1.70 bits per heavy atom. The van der Waals surface area contributed by atoms with Gasteiger partial charge in [-0.05, 0) is 45.0 Å². The highest BCUT2D eigenvalue weighted by molar-refractivity contribution is 5.80. The van der Waals surface area contributed by atoms with Crippen molar-refractivity contribution in [1.82, 2.24) is 15.5 Å². The second kappa shape index (κ2) is 9.55. The van der Waals surface area contributed by atoms with Gasteiger partial charge in [0.25, 0.3) is 5.91 Å². The van der Waals surface area contributed by atoms with Crippen LogP contribution in [0.25, 0.3) is 0 Å². The summed E-state index contributed by atoms with van der Waals surface area (Å²) in [6.07, 6.45) is -0.668. The van der Waals surface area contributed by atoms with E-state index >= 15 is 0 Å². The molecule has 128 valence electrons. The number of benzene rings is 1. The number of phenols is 1. The van der Waals surface area contributed by atoms with Gasteiger partial charge in [-0.1, -0.05) is 0 Å². The van der Waals surface area contributed by atoms with E-state index < -0.39 is 6.10 Å². The zero-order valence-electron chi connectivity index (χ0n) is 13.8. The van der Waals surface area contributed by atoms with Crippen LogP contribution < -0.4 is 15.4 Å². The number of hydrogen-bond donors (Lipinski definition) is 3. The molecule has 0 heterocycles. The van der Waals surface area contributed by atoms with E-state index in [0.29, 0.717) is 31.9 Å². The molecule has 7 nitrogen and oxygen atoms in total. The van der Waals surface area contributed by atoms with Crippen LogP contribution in [0, 0.1) is 0 Å². The second-order valence-electron chi connectivity index (χ2n) is 4.95.